The molecule has 2 aromatic rings. The summed E-state index contributed by atoms with van der Waals surface area (Å²) in [5.41, 5.74) is -6.85. The molecule has 0 aliphatic heterocycles. The van der Waals surface area contributed by atoms with E-state index in [0.717, 1.165) is 12.1 Å². The van der Waals surface area contributed by atoms with Gasteiger partial charge in [0.2, 0.25) is 5.41 Å². The molecule has 148 valence electrons. The number of phenolic OH excluding ortho intramolecular Hbond substituents is 2. The van der Waals surface area contributed by atoms with Gasteiger partial charge in [-0.05, 0) is 81.4 Å². The van der Waals surface area contributed by atoms with E-state index in [1.165, 1.54) is 0 Å². The Morgan fingerprint density at radius 1 is 0.630 bits per heavy atom. The van der Waals surface area contributed by atoms with E-state index in [1.54, 1.807) is 0 Å². The third-order valence-electron chi connectivity index (χ3n) is 3.77. The molecule has 0 heterocycles. The molecule has 0 aromatic heterocycles. The summed E-state index contributed by atoms with van der Waals surface area (Å²) in [6, 6.07) is 2.55. The van der Waals surface area contributed by atoms with E-state index >= 15 is 0 Å². The molecule has 2 rings (SSSR count). The van der Waals surface area contributed by atoms with E-state index in [4.69, 9.17) is 0 Å². The first kappa shape index (κ1) is 22.8. The van der Waals surface area contributed by atoms with Crippen LogP contribution in [0, 0.1) is 0 Å². The van der Waals surface area contributed by atoms with Gasteiger partial charge in [0.15, 0.2) is 0 Å². The van der Waals surface area contributed by atoms with E-state index < -0.39 is 58.3 Å². The maximum Gasteiger partial charge on any atom is 0.411 e. The van der Waals surface area contributed by atoms with Crippen LogP contribution in [-0.4, -0.2) is 22.6 Å². The summed E-state index contributed by atoms with van der Waals surface area (Å²) in [4.78, 5) is 0. The van der Waals surface area contributed by atoms with Crippen LogP contribution in [0.1, 0.15) is 11.1 Å². The first-order valence-corrected chi connectivity index (χ1v) is 9.83. The highest BCUT2D eigenvalue weighted by molar-refractivity contribution is 9.14. The molecule has 0 fully saturated rings. The summed E-state index contributed by atoms with van der Waals surface area (Å²) in [6.45, 7) is 0. The molecule has 0 aliphatic rings. The van der Waals surface area contributed by atoms with E-state index in [2.05, 4.69) is 63.7 Å². The first-order chi connectivity index (χ1) is 12.2. The van der Waals surface area contributed by atoms with Crippen molar-refractivity contribution in [2.24, 2.45) is 0 Å². The van der Waals surface area contributed by atoms with Gasteiger partial charge in [-0.2, -0.15) is 26.3 Å². The molecule has 0 saturated carbocycles. The highest BCUT2D eigenvalue weighted by Gasteiger charge is 2.73. The molecule has 0 aliphatic carbocycles. The Balaban J connectivity index is 3.16. The van der Waals surface area contributed by atoms with Crippen LogP contribution in [0.3, 0.4) is 0 Å². The molecule has 0 unspecified atom stereocenters. The van der Waals surface area contributed by atoms with Gasteiger partial charge in [0, 0.05) is 14.5 Å². The Morgan fingerprint density at radius 3 is 1.33 bits per heavy atom. The Hall–Kier alpha value is -0.460. The van der Waals surface area contributed by atoms with Crippen LogP contribution < -0.4 is 0 Å². The molecule has 0 atom stereocenters. The van der Waals surface area contributed by atoms with E-state index in [1.807, 2.05) is 0 Å². The van der Waals surface area contributed by atoms with Crippen molar-refractivity contribution >= 4 is 63.7 Å². The minimum atomic E-state index is -5.83. The average molecular weight is 652 g/mol. The summed E-state index contributed by atoms with van der Waals surface area (Å²) in [6.07, 6.45) is -11.7. The van der Waals surface area contributed by atoms with Crippen LogP contribution in [0.25, 0.3) is 0 Å². The van der Waals surface area contributed by atoms with Crippen LogP contribution in [0.4, 0.5) is 26.3 Å². The van der Waals surface area contributed by atoms with Gasteiger partial charge in [-0.3, -0.25) is 0 Å². The lowest BCUT2D eigenvalue weighted by atomic mass is 9.73. The molecule has 2 nitrogen and oxygen atoms in total. The predicted molar refractivity (Wildman–Crippen MR) is 99.9 cm³/mol. The zero-order chi connectivity index (χ0) is 20.9. The Kier molecular flexibility index (Phi) is 6.27. The molecule has 12 heteroatoms. The molecule has 0 spiro atoms. The zero-order valence-electron chi connectivity index (χ0n) is 12.5. The highest BCUT2D eigenvalue weighted by Crippen LogP contribution is 2.62. The molecule has 0 saturated heterocycles. The Bertz CT molecular complexity index is 835. The summed E-state index contributed by atoms with van der Waals surface area (Å²) in [7, 11) is 0. The smallest absolute Gasteiger partial charge is 0.411 e. The lowest BCUT2D eigenvalue weighted by molar-refractivity contribution is -0.289. The number of benzene rings is 2. The number of hydrogen-bond acceptors (Lipinski definition) is 2. The molecule has 2 N–H and O–H groups in total. The summed E-state index contributed by atoms with van der Waals surface area (Å²) in [5.74, 6) is -1.09. The fourth-order valence-corrected chi connectivity index (χ4v) is 5.27. The number of phenols is 2. The summed E-state index contributed by atoms with van der Waals surface area (Å²) in [5, 5.41) is 19.2. The number of hydrogen-bond donors (Lipinski definition) is 2. The van der Waals surface area contributed by atoms with E-state index in [-0.39, 0.29) is 0 Å². The Morgan fingerprint density at radius 2 is 1.00 bits per heavy atom. The number of aromatic hydroxyl groups is 2. The van der Waals surface area contributed by atoms with Gasteiger partial charge in [-0.15, -0.1) is 0 Å². The summed E-state index contributed by atoms with van der Waals surface area (Å²) >= 11 is 11.1. The molecule has 0 radical (unpaired) electrons. The quantitative estimate of drug-likeness (QED) is 0.260. The SMILES string of the molecule is Oc1ccc(C(c2c(Br)c(Br)c(O)c(Br)c2Br)(C(F)(F)F)C(F)(F)F)cc1. The standard InChI is InChI=1S/C15H6Br4F6O2/c16-8-7(9(17)11(19)12(27)10(8)18)13(14(20,21)22,15(23,24)25)5-1-3-6(26)4-2-5/h1-4,26-27H. The largest absolute Gasteiger partial charge is 0.508 e. The normalized spacial score (nSPS) is 13.1. The lowest BCUT2D eigenvalue weighted by Gasteiger charge is -2.39. The van der Waals surface area contributed by atoms with Crippen LogP contribution >= 0.6 is 63.7 Å². The maximum absolute atomic E-state index is 14.1. The van der Waals surface area contributed by atoms with Crippen molar-refractivity contribution in [2.75, 3.05) is 0 Å². The molecular weight excluding hydrogens is 646 g/mol. The lowest BCUT2D eigenvalue weighted by Crippen LogP contribution is -2.55. The van der Waals surface area contributed by atoms with Crippen molar-refractivity contribution in [3.63, 3.8) is 0 Å². The average Bonchev–Trinajstić information content (AvgIpc) is 2.54. The maximum atomic E-state index is 14.1. The third-order valence-corrected chi connectivity index (χ3v) is 7.96. The van der Waals surface area contributed by atoms with Crippen LogP contribution in [0.5, 0.6) is 11.5 Å². The van der Waals surface area contributed by atoms with Crippen molar-refractivity contribution in [2.45, 2.75) is 17.8 Å². The van der Waals surface area contributed by atoms with Gasteiger partial charge in [0.1, 0.15) is 11.5 Å². The second kappa shape index (κ2) is 7.42. The van der Waals surface area contributed by atoms with Gasteiger partial charge < -0.3 is 10.2 Å². The second-order valence-electron chi connectivity index (χ2n) is 5.27. The van der Waals surface area contributed by atoms with Crippen molar-refractivity contribution < 1.29 is 36.6 Å². The molecule has 0 bridgehead atoms. The second-order valence-corrected chi connectivity index (χ2v) is 8.44. The minimum absolute atomic E-state index is 0.399. The predicted octanol–water partition coefficient (Wildman–Crippen LogP) is 7.56. The monoisotopic (exact) mass is 648 g/mol. The zero-order valence-corrected chi connectivity index (χ0v) is 18.8. The van der Waals surface area contributed by atoms with E-state index in [9.17, 15) is 36.6 Å². The van der Waals surface area contributed by atoms with Crippen LogP contribution in [-0.2, 0) is 5.41 Å². The molecule has 2 aromatic carbocycles. The van der Waals surface area contributed by atoms with Gasteiger partial charge >= 0.3 is 12.4 Å². The van der Waals surface area contributed by atoms with Gasteiger partial charge in [0.25, 0.3) is 0 Å². The number of halogens is 10. The number of rotatable bonds is 2. The summed E-state index contributed by atoms with van der Waals surface area (Å²) < 4.78 is 82.8. The van der Waals surface area contributed by atoms with Gasteiger partial charge in [0.05, 0.1) is 8.95 Å². The minimum Gasteiger partial charge on any atom is -0.508 e. The van der Waals surface area contributed by atoms with Crippen LogP contribution in [0.2, 0.25) is 0 Å². The van der Waals surface area contributed by atoms with Crippen molar-refractivity contribution in [1.29, 1.82) is 0 Å². The third kappa shape index (κ3) is 3.51. The van der Waals surface area contributed by atoms with Crippen molar-refractivity contribution in [1.82, 2.24) is 0 Å². The van der Waals surface area contributed by atoms with Gasteiger partial charge in [-0.25, -0.2) is 0 Å². The molecule has 27 heavy (non-hydrogen) atoms. The fraction of sp³-hybridized carbons (Fsp3) is 0.200. The molecular formula is C15H6Br4F6O2. The molecule has 0 amide bonds. The van der Waals surface area contributed by atoms with Crippen molar-refractivity contribution in [3.8, 4) is 11.5 Å². The van der Waals surface area contributed by atoms with Gasteiger partial charge in [-0.1, -0.05) is 12.1 Å². The highest BCUT2D eigenvalue weighted by atomic mass is 79.9. The number of alkyl halides is 6. The first-order valence-electron chi connectivity index (χ1n) is 6.66. The Labute approximate surface area is 182 Å². The topological polar surface area (TPSA) is 40.5 Å². The fourth-order valence-electron chi connectivity index (χ4n) is 2.58. The van der Waals surface area contributed by atoms with Crippen molar-refractivity contribution in [3.05, 3.63) is 53.3 Å². The van der Waals surface area contributed by atoms with Crippen LogP contribution in [0.15, 0.2) is 42.2 Å². The van der Waals surface area contributed by atoms with E-state index in [0.29, 0.717) is 12.1 Å².